The highest BCUT2D eigenvalue weighted by Gasteiger charge is 2.15. The van der Waals surface area contributed by atoms with Crippen molar-refractivity contribution >= 4 is 40.0 Å². The van der Waals surface area contributed by atoms with Gasteiger partial charge in [-0.25, -0.2) is 4.98 Å². The number of hydrogen-bond acceptors (Lipinski definition) is 5. The number of fused-ring (bicyclic) bond motifs is 1. The van der Waals surface area contributed by atoms with Crippen molar-refractivity contribution < 1.29 is 14.3 Å². The molecule has 0 bridgehead atoms. The molecule has 0 saturated heterocycles. The van der Waals surface area contributed by atoms with E-state index in [1.807, 2.05) is 54.6 Å². The summed E-state index contributed by atoms with van der Waals surface area (Å²) in [7, 11) is 1.52. The molecule has 1 aromatic heterocycles. The predicted molar refractivity (Wildman–Crippen MR) is 131 cm³/mol. The molecule has 0 unspecified atom stereocenters. The van der Waals surface area contributed by atoms with Gasteiger partial charge in [-0.1, -0.05) is 54.6 Å². The molecule has 7 nitrogen and oxygen atoms in total. The lowest BCUT2D eigenvalue weighted by Gasteiger charge is -2.13. The highest BCUT2D eigenvalue weighted by Crippen LogP contribution is 2.24. The third-order valence-corrected chi connectivity index (χ3v) is 5.08. The number of aromatic nitrogens is 1. The van der Waals surface area contributed by atoms with Crippen molar-refractivity contribution in [2.75, 3.05) is 7.11 Å². The highest BCUT2D eigenvalue weighted by atomic mass is 32.1. The number of hydrogen-bond donors (Lipinski definition) is 3. The molecule has 0 saturated carbocycles. The van der Waals surface area contributed by atoms with Crippen LogP contribution in [0.25, 0.3) is 22.2 Å². The Balaban J connectivity index is 1.50. The Morgan fingerprint density at radius 1 is 0.848 bits per heavy atom. The number of para-hydroxylation sites is 1. The van der Waals surface area contributed by atoms with Crippen LogP contribution in [0.3, 0.4) is 0 Å². The molecule has 33 heavy (non-hydrogen) atoms. The van der Waals surface area contributed by atoms with E-state index in [1.165, 1.54) is 7.11 Å². The van der Waals surface area contributed by atoms with Crippen molar-refractivity contribution in [3.63, 3.8) is 0 Å². The molecule has 3 N–H and O–H groups in total. The largest absolute Gasteiger partial charge is 0.497 e. The van der Waals surface area contributed by atoms with Gasteiger partial charge >= 0.3 is 0 Å². The molecule has 0 aliphatic heterocycles. The van der Waals surface area contributed by atoms with E-state index in [1.54, 1.807) is 30.3 Å². The van der Waals surface area contributed by atoms with Gasteiger partial charge in [0.15, 0.2) is 5.11 Å². The maximum absolute atomic E-state index is 13.1. The smallest absolute Gasteiger partial charge is 0.269 e. The predicted octanol–water partition coefficient (Wildman–Crippen LogP) is 3.86. The van der Waals surface area contributed by atoms with E-state index >= 15 is 0 Å². The number of carbonyl (C=O) groups excluding carboxylic acids is 2. The molecule has 0 spiro atoms. The zero-order valence-corrected chi connectivity index (χ0v) is 18.5. The van der Waals surface area contributed by atoms with Gasteiger partial charge in [-0.15, -0.1) is 0 Å². The Hall–Kier alpha value is -4.30. The van der Waals surface area contributed by atoms with Gasteiger partial charge in [-0.2, -0.15) is 0 Å². The first kappa shape index (κ1) is 21.9. The van der Waals surface area contributed by atoms with Gasteiger partial charge in [0.05, 0.1) is 23.9 Å². The molecule has 3 aromatic carbocycles. The third kappa shape index (κ3) is 5.13. The molecule has 0 radical (unpaired) electrons. The van der Waals surface area contributed by atoms with E-state index in [2.05, 4.69) is 21.2 Å². The van der Waals surface area contributed by atoms with E-state index in [0.717, 1.165) is 5.56 Å². The van der Waals surface area contributed by atoms with Gasteiger partial charge in [-0.3, -0.25) is 25.8 Å². The van der Waals surface area contributed by atoms with Gasteiger partial charge in [-0.05, 0) is 42.5 Å². The number of thiocarbonyl (C=S) groups is 1. The molecular formula is C25H20N4O3S. The molecule has 164 valence electrons. The summed E-state index contributed by atoms with van der Waals surface area (Å²) in [5.41, 5.74) is 8.08. The second-order valence-corrected chi connectivity index (χ2v) is 7.44. The minimum atomic E-state index is -0.425. The Morgan fingerprint density at radius 3 is 2.39 bits per heavy atom. The first-order chi connectivity index (χ1) is 16.0. The van der Waals surface area contributed by atoms with Crippen LogP contribution in [0.1, 0.15) is 20.7 Å². The van der Waals surface area contributed by atoms with Crippen LogP contribution in [0.2, 0.25) is 0 Å². The summed E-state index contributed by atoms with van der Waals surface area (Å²) in [4.78, 5) is 30.1. The normalized spacial score (nSPS) is 10.3. The molecular weight excluding hydrogens is 436 g/mol. The van der Waals surface area contributed by atoms with Crippen LogP contribution in [-0.4, -0.2) is 29.0 Å². The molecule has 0 aliphatic carbocycles. The fraction of sp³-hybridized carbons (Fsp3) is 0.0400. The van der Waals surface area contributed by atoms with E-state index in [4.69, 9.17) is 17.0 Å². The number of nitrogens with zero attached hydrogens (tertiary/aromatic N) is 1. The maximum Gasteiger partial charge on any atom is 0.269 e. The molecule has 0 fully saturated rings. The van der Waals surface area contributed by atoms with Crippen LogP contribution in [-0.2, 0) is 0 Å². The average Bonchev–Trinajstić information content (AvgIpc) is 2.87. The topological polar surface area (TPSA) is 92.4 Å². The highest BCUT2D eigenvalue weighted by molar-refractivity contribution is 7.80. The van der Waals surface area contributed by atoms with Crippen molar-refractivity contribution in [1.29, 1.82) is 0 Å². The molecule has 8 heteroatoms. The fourth-order valence-corrected chi connectivity index (χ4v) is 3.42. The standard InChI is InChI=1S/C25H20N4O3S/c1-32-18-11-7-10-17(14-18)23(30)28-29-25(33)27-24(31)20-15-22(16-8-3-2-4-9-16)26-21-13-6-5-12-19(20)21/h2-15H,1H3,(H,28,30)(H2,27,29,31,33). The molecule has 2 amide bonds. The summed E-state index contributed by atoms with van der Waals surface area (Å²) in [6.07, 6.45) is 0. The monoisotopic (exact) mass is 456 g/mol. The number of hydrazine groups is 1. The van der Waals surface area contributed by atoms with Crippen LogP contribution < -0.4 is 20.9 Å². The second kappa shape index (κ2) is 9.88. The van der Waals surface area contributed by atoms with Crippen LogP contribution in [0.5, 0.6) is 5.75 Å². The van der Waals surface area contributed by atoms with Gasteiger partial charge < -0.3 is 4.74 Å². The first-order valence-corrected chi connectivity index (χ1v) is 10.5. The Morgan fingerprint density at radius 2 is 1.61 bits per heavy atom. The van der Waals surface area contributed by atoms with Gasteiger partial charge in [0.2, 0.25) is 0 Å². The summed E-state index contributed by atoms with van der Waals surface area (Å²) in [6, 6.07) is 25.4. The van der Waals surface area contributed by atoms with Gasteiger partial charge in [0.25, 0.3) is 11.8 Å². The number of pyridine rings is 1. The summed E-state index contributed by atoms with van der Waals surface area (Å²) >= 11 is 5.20. The number of nitrogens with one attached hydrogen (secondary N) is 3. The zero-order valence-electron chi connectivity index (χ0n) is 17.7. The lowest BCUT2D eigenvalue weighted by atomic mass is 10.0. The molecule has 4 aromatic rings. The molecule has 1 heterocycles. The summed E-state index contributed by atoms with van der Waals surface area (Å²) in [5.74, 6) is -0.289. The van der Waals surface area contributed by atoms with Crippen LogP contribution in [0, 0.1) is 0 Å². The van der Waals surface area contributed by atoms with E-state index in [-0.39, 0.29) is 5.11 Å². The van der Waals surface area contributed by atoms with Gasteiger partial charge in [0, 0.05) is 16.5 Å². The molecule has 0 aliphatic rings. The van der Waals surface area contributed by atoms with E-state index < -0.39 is 11.8 Å². The van der Waals surface area contributed by atoms with Crippen LogP contribution in [0.4, 0.5) is 0 Å². The van der Waals surface area contributed by atoms with Gasteiger partial charge in [0.1, 0.15) is 5.75 Å². The quantitative estimate of drug-likeness (QED) is 0.319. The lowest BCUT2D eigenvalue weighted by molar-refractivity contribution is 0.0934. The summed E-state index contributed by atoms with van der Waals surface area (Å²) in [6.45, 7) is 0. The lowest BCUT2D eigenvalue weighted by Crippen LogP contribution is -2.48. The first-order valence-electron chi connectivity index (χ1n) is 10.1. The Bertz CT molecular complexity index is 1340. The third-order valence-electron chi connectivity index (χ3n) is 4.88. The van der Waals surface area contributed by atoms with Crippen LogP contribution >= 0.6 is 12.2 Å². The number of carbonyl (C=O) groups is 2. The molecule has 0 atom stereocenters. The minimum absolute atomic E-state index is 0.0431. The SMILES string of the molecule is COc1cccc(C(=O)NNC(=S)NC(=O)c2cc(-c3ccccc3)nc3ccccc23)c1. The summed E-state index contributed by atoms with van der Waals surface area (Å²) < 4.78 is 5.12. The Labute approximate surface area is 195 Å². The van der Waals surface area contributed by atoms with Crippen molar-refractivity contribution in [3.05, 3.63) is 96.1 Å². The number of methoxy groups -OCH3 is 1. The van der Waals surface area contributed by atoms with Crippen molar-refractivity contribution in [3.8, 4) is 17.0 Å². The van der Waals surface area contributed by atoms with E-state index in [9.17, 15) is 9.59 Å². The molecule has 4 rings (SSSR count). The van der Waals surface area contributed by atoms with E-state index in [0.29, 0.717) is 33.5 Å². The van der Waals surface area contributed by atoms with Crippen LogP contribution in [0.15, 0.2) is 84.9 Å². The number of rotatable bonds is 4. The van der Waals surface area contributed by atoms with Crippen molar-refractivity contribution in [2.45, 2.75) is 0 Å². The summed E-state index contributed by atoms with van der Waals surface area (Å²) in [5, 5.41) is 3.26. The van der Waals surface area contributed by atoms with Crippen molar-refractivity contribution in [1.82, 2.24) is 21.2 Å². The number of amides is 2. The van der Waals surface area contributed by atoms with Crippen molar-refractivity contribution in [2.24, 2.45) is 0 Å². The zero-order chi connectivity index (χ0) is 23.2. The average molecular weight is 457 g/mol. The fourth-order valence-electron chi connectivity index (χ4n) is 3.27. The second-order valence-electron chi connectivity index (χ2n) is 7.03. The number of ether oxygens (including phenoxy) is 1. The maximum atomic E-state index is 13.1. The minimum Gasteiger partial charge on any atom is -0.497 e. The number of benzene rings is 3. The Kier molecular flexibility index (Phi) is 6.56.